The van der Waals surface area contributed by atoms with Crippen molar-refractivity contribution < 1.29 is 9.32 Å². The molecule has 0 saturated carbocycles. The molecule has 0 aliphatic carbocycles. The highest BCUT2D eigenvalue weighted by Gasteiger charge is 2.21. The van der Waals surface area contributed by atoms with Gasteiger partial charge in [0.25, 0.3) is 0 Å². The van der Waals surface area contributed by atoms with Crippen LogP contribution in [0.3, 0.4) is 0 Å². The number of piperidine rings is 1. The second kappa shape index (κ2) is 6.68. The lowest BCUT2D eigenvalue weighted by Crippen LogP contribution is -2.46. The average molecular weight is 266 g/mol. The number of anilines is 1. The van der Waals surface area contributed by atoms with Gasteiger partial charge in [-0.25, -0.2) is 0 Å². The normalized spacial score (nSPS) is 16.8. The molecule has 1 amide bonds. The fraction of sp³-hybridized carbons (Fsp3) is 0.692. The van der Waals surface area contributed by atoms with Gasteiger partial charge in [-0.1, -0.05) is 12.1 Å². The van der Waals surface area contributed by atoms with E-state index in [0.717, 1.165) is 38.2 Å². The van der Waals surface area contributed by atoms with Gasteiger partial charge >= 0.3 is 0 Å². The lowest BCUT2D eigenvalue weighted by Gasteiger charge is -2.33. The molecular weight excluding hydrogens is 244 g/mol. The Labute approximate surface area is 113 Å². The number of amides is 1. The van der Waals surface area contributed by atoms with Gasteiger partial charge in [-0.15, -0.1) is 0 Å². The third-order valence-corrected chi connectivity index (χ3v) is 3.47. The largest absolute Gasteiger partial charge is 0.338 e. The molecule has 2 rings (SSSR count). The van der Waals surface area contributed by atoms with Crippen LogP contribution >= 0.6 is 0 Å². The number of aromatic nitrogens is 1. The van der Waals surface area contributed by atoms with Crippen LogP contribution in [0.4, 0.5) is 5.88 Å². The van der Waals surface area contributed by atoms with Crippen LogP contribution in [0.5, 0.6) is 0 Å². The number of rotatable bonds is 5. The van der Waals surface area contributed by atoms with Crippen LogP contribution in [-0.4, -0.2) is 48.2 Å². The van der Waals surface area contributed by atoms with E-state index in [-0.39, 0.29) is 5.91 Å². The van der Waals surface area contributed by atoms with Crippen molar-refractivity contribution in [3.8, 4) is 0 Å². The number of hydrogen-bond acceptors (Lipinski definition) is 5. The number of carbonyl (C=O) groups is 1. The van der Waals surface area contributed by atoms with E-state index in [1.165, 1.54) is 0 Å². The van der Waals surface area contributed by atoms with E-state index in [1.54, 1.807) is 6.07 Å². The first-order valence-corrected chi connectivity index (χ1v) is 6.87. The molecule has 0 atom stereocenters. The van der Waals surface area contributed by atoms with Crippen molar-refractivity contribution in [2.45, 2.75) is 32.7 Å². The maximum atomic E-state index is 12.0. The standard InChI is InChI=1S/C13H22N4O2/c1-3-17(11-4-6-14-7-5-11)9-12(18)15-13-8-10(2)16-19-13/h8,11,14H,3-7,9H2,1-2H3,(H,15,18). The highest BCUT2D eigenvalue weighted by atomic mass is 16.5. The fourth-order valence-electron chi connectivity index (χ4n) is 2.45. The van der Waals surface area contributed by atoms with Crippen molar-refractivity contribution >= 4 is 11.8 Å². The van der Waals surface area contributed by atoms with Gasteiger partial charge in [-0.05, 0) is 39.4 Å². The van der Waals surface area contributed by atoms with Crippen LogP contribution in [0.2, 0.25) is 0 Å². The van der Waals surface area contributed by atoms with E-state index in [1.807, 2.05) is 6.92 Å². The zero-order chi connectivity index (χ0) is 13.7. The van der Waals surface area contributed by atoms with Crippen molar-refractivity contribution in [1.82, 2.24) is 15.4 Å². The smallest absolute Gasteiger partial charge is 0.240 e. The third kappa shape index (κ3) is 4.04. The third-order valence-electron chi connectivity index (χ3n) is 3.47. The van der Waals surface area contributed by atoms with Gasteiger partial charge in [0, 0.05) is 12.1 Å². The van der Waals surface area contributed by atoms with Crippen molar-refractivity contribution in [3.63, 3.8) is 0 Å². The van der Waals surface area contributed by atoms with E-state index >= 15 is 0 Å². The van der Waals surface area contributed by atoms with Crippen LogP contribution in [0.15, 0.2) is 10.6 Å². The Morgan fingerprint density at radius 2 is 2.32 bits per heavy atom. The molecule has 6 nitrogen and oxygen atoms in total. The fourth-order valence-corrected chi connectivity index (χ4v) is 2.45. The summed E-state index contributed by atoms with van der Waals surface area (Å²) in [6, 6.07) is 2.21. The minimum atomic E-state index is -0.0449. The minimum absolute atomic E-state index is 0.0449. The molecule has 1 aliphatic rings. The second-order valence-electron chi connectivity index (χ2n) is 4.92. The second-order valence-corrected chi connectivity index (χ2v) is 4.92. The predicted octanol–water partition coefficient (Wildman–Crippen LogP) is 0.995. The van der Waals surface area contributed by atoms with E-state index in [9.17, 15) is 4.79 Å². The van der Waals surface area contributed by atoms with Crippen LogP contribution < -0.4 is 10.6 Å². The zero-order valence-electron chi connectivity index (χ0n) is 11.6. The molecule has 1 saturated heterocycles. The first-order chi connectivity index (χ1) is 9.19. The van der Waals surface area contributed by atoms with E-state index in [4.69, 9.17) is 4.52 Å². The Morgan fingerprint density at radius 1 is 1.58 bits per heavy atom. The summed E-state index contributed by atoms with van der Waals surface area (Å²) in [7, 11) is 0. The van der Waals surface area contributed by atoms with E-state index < -0.39 is 0 Å². The lowest BCUT2D eigenvalue weighted by atomic mass is 10.0. The molecule has 1 aliphatic heterocycles. The Balaban J connectivity index is 1.85. The van der Waals surface area contributed by atoms with Gasteiger partial charge in [0.2, 0.25) is 11.8 Å². The number of likely N-dealkylation sites (N-methyl/N-ethyl adjacent to an activating group) is 1. The summed E-state index contributed by atoms with van der Waals surface area (Å²) in [6.07, 6.45) is 2.20. The Morgan fingerprint density at radius 3 is 2.89 bits per heavy atom. The number of hydrogen-bond donors (Lipinski definition) is 2. The molecule has 0 unspecified atom stereocenters. The molecule has 0 aromatic carbocycles. The SMILES string of the molecule is CCN(CC(=O)Nc1cc(C)no1)C1CCNCC1. The molecule has 1 aromatic rings. The van der Waals surface area contributed by atoms with Crippen molar-refractivity contribution in [1.29, 1.82) is 0 Å². The first kappa shape index (κ1) is 14.0. The van der Waals surface area contributed by atoms with E-state index in [2.05, 4.69) is 27.6 Å². The summed E-state index contributed by atoms with van der Waals surface area (Å²) in [4.78, 5) is 14.2. The van der Waals surface area contributed by atoms with Crippen molar-refractivity contribution in [2.24, 2.45) is 0 Å². The number of aryl methyl sites for hydroxylation is 1. The maximum absolute atomic E-state index is 12.0. The molecule has 19 heavy (non-hydrogen) atoms. The summed E-state index contributed by atoms with van der Waals surface area (Å²) >= 11 is 0. The number of nitrogens with zero attached hydrogens (tertiary/aromatic N) is 2. The summed E-state index contributed by atoms with van der Waals surface area (Å²) < 4.78 is 4.99. The summed E-state index contributed by atoms with van der Waals surface area (Å²) in [5, 5.41) is 9.83. The Kier molecular flexibility index (Phi) is 4.93. The number of nitrogens with one attached hydrogen (secondary N) is 2. The molecule has 6 heteroatoms. The van der Waals surface area contributed by atoms with Gasteiger partial charge < -0.3 is 9.84 Å². The minimum Gasteiger partial charge on any atom is -0.338 e. The summed E-state index contributed by atoms with van der Waals surface area (Å²) in [5.74, 6) is 0.375. The molecule has 1 fully saturated rings. The van der Waals surface area contributed by atoms with Gasteiger partial charge in [0.1, 0.15) is 0 Å². The Hall–Kier alpha value is -1.40. The monoisotopic (exact) mass is 266 g/mol. The zero-order valence-corrected chi connectivity index (χ0v) is 11.6. The lowest BCUT2D eigenvalue weighted by molar-refractivity contribution is -0.118. The molecule has 0 bridgehead atoms. The van der Waals surface area contributed by atoms with Gasteiger partial charge in [-0.3, -0.25) is 15.0 Å². The highest BCUT2D eigenvalue weighted by molar-refractivity contribution is 5.90. The summed E-state index contributed by atoms with van der Waals surface area (Å²) in [5.41, 5.74) is 0.765. The predicted molar refractivity (Wildman–Crippen MR) is 73.0 cm³/mol. The van der Waals surface area contributed by atoms with Gasteiger partial charge in [-0.2, -0.15) is 0 Å². The van der Waals surface area contributed by atoms with E-state index in [0.29, 0.717) is 18.5 Å². The molecule has 0 spiro atoms. The Bertz CT molecular complexity index is 413. The number of carbonyl (C=O) groups excluding carboxylic acids is 1. The topological polar surface area (TPSA) is 70.4 Å². The van der Waals surface area contributed by atoms with Crippen LogP contribution in [0.1, 0.15) is 25.5 Å². The first-order valence-electron chi connectivity index (χ1n) is 6.87. The molecule has 106 valence electrons. The molecular formula is C13H22N4O2. The maximum Gasteiger partial charge on any atom is 0.240 e. The molecule has 0 radical (unpaired) electrons. The molecule has 2 heterocycles. The molecule has 2 N–H and O–H groups in total. The van der Waals surface area contributed by atoms with Crippen molar-refractivity contribution in [2.75, 3.05) is 31.5 Å². The van der Waals surface area contributed by atoms with Gasteiger partial charge in [0.05, 0.1) is 12.2 Å². The van der Waals surface area contributed by atoms with Crippen LogP contribution in [0, 0.1) is 6.92 Å². The molecule has 1 aromatic heterocycles. The average Bonchev–Trinajstić information content (AvgIpc) is 2.82. The summed E-state index contributed by atoms with van der Waals surface area (Å²) in [6.45, 7) is 7.27. The van der Waals surface area contributed by atoms with Gasteiger partial charge in [0.15, 0.2) is 0 Å². The quantitative estimate of drug-likeness (QED) is 0.832. The van der Waals surface area contributed by atoms with Crippen molar-refractivity contribution in [3.05, 3.63) is 11.8 Å². The van der Waals surface area contributed by atoms with Crippen LogP contribution in [-0.2, 0) is 4.79 Å². The van der Waals surface area contributed by atoms with Crippen LogP contribution in [0.25, 0.3) is 0 Å². The highest BCUT2D eigenvalue weighted by Crippen LogP contribution is 2.12.